The van der Waals surface area contributed by atoms with Gasteiger partial charge in [0.25, 0.3) is 5.91 Å². The van der Waals surface area contributed by atoms with Crippen LogP contribution >= 0.6 is 11.3 Å². The van der Waals surface area contributed by atoms with E-state index in [1.54, 1.807) is 23.6 Å². The van der Waals surface area contributed by atoms with Crippen molar-refractivity contribution in [3.8, 4) is 6.07 Å². The first-order valence-corrected chi connectivity index (χ1v) is 10.2. The quantitative estimate of drug-likeness (QED) is 0.643. The molecule has 2 N–H and O–H groups in total. The van der Waals surface area contributed by atoms with Crippen LogP contribution in [-0.2, 0) is 24.3 Å². The normalized spacial score (nSPS) is 10.8. The molecule has 8 nitrogen and oxygen atoms in total. The highest BCUT2D eigenvalue weighted by molar-refractivity contribution is 7.89. The summed E-state index contributed by atoms with van der Waals surface area (Å²) in [6.45, 7) is 1.17. The van der Waals surface area contributed by atoms with E-state index >= 15 is 0 Å². The van der Waals surface area contributed by atoms with Crippen LogP contribution in [0, 0.1) is 18.3 Å². The van der Waals surface area contributed by atoms with E-state index in [1.165, 1.54) is 23.5 Å². The topological polar surface area (TPSA) is 125 Å². The molecule has 2 aromatic rings. The second kappa shape index (κ2) is 9.27. The molecule has 0 saturated heterocycles. The van der Waals surface area contributed by atoms with Crippen molar-refractivity contribution in [3.63, 3.8) is 0 Å². The highest BCUT2D eigenvalue weighted by Crippen LogP contribution is 2.21. The Labute approximate surface area is 160 Å². The van der Waals surface area contributed by atoms with Crippen LogP contribution in [0.15, 0.2) is 40.6 Å². The van der Waals surface area contributed by atoms with Gasteiger partial charge in [0.1, 0.15) is 11.1 Å². The van der Waals surface area contributed by atoms with E-state index in [9.17, 15) is 18.0 Å². The maximum atomic E-state index is 12.1. The average molecular weight is 407 g/mol. The molecule has 0 aliphatic heterocycles. The fourth-order valence-corrected chi connectivity index (χ4v) is 3.75. The molecular weight excluding hydrogens is 390 g/mol. The first-order valence-electron chi connectivity index (χ1n) is 7.81. The lowest BCUT2D eigenvalue weighted by Gasteiger charge is -2.08. The van der Waals surface area contributed by atoms with Crippen molar-refractivity contribution in [1.82, 2.24) is 4.72 Å². The number of thiophene rings is 1. The van der Waals surface area contributed by atoms with E-state index in [0.29, 0.717) is 10.6 Å². The molecule has 0 aliphatic rings. The molecule has 10 heteroatoms. The van der Waals surface area contributed by atoms with Crippen LogP contribution in [0.4, 0.5) is 5.00 Å². The Morgan fingerprint density at radius 3 is 2.59 bits per heavy atom. The summed E-state index contributed by atoms with van der Waals surface area (Å²) < 4.78 is 31.3. The number of esters is 1. The van der Waals surface area contributed by atoms with Gasteiger partial charge in [-0.3, -0.25) is 9.59 Å². The number of amides is 1. The fraction of sp³-hybridized carbons (Fsp3) is 0.235. The van der Waals surface area contributed by atoms with Gasteiger partial charge < -0.3 is 10.1 Å². The molecule has 1 amide bonds. The third-order valence-corrected chi connectivity index (χ3v) is 5.66. The van der Waals surface area contributed by atoms with E-state index in [1.807, 2.05) is 13.0 Å². The van der Waals surface area contributed by atoms with E-state index in [0.717, 1.165) is 5.56 Å². The summed E-state index contributed by atoms with van der Waals surface area (Å²) in [5.74, 6) is -1.30. The molecule has 0 fully saturated rings. The van der Waals surface area contributed by atoms with Crippen molar-refractivity contribution >= 4 is 38.2 Å². The summed E-state index contributed by atoms with van der Waals surface area (Å²) >= 11 is 1.18. The standard InChI is InChI=1S/C17H17N3O5S2/c1-12-2-4-14(5-3-12)27(23,24)19-8-6-16(22)25-11-15(21)20-17-13(10-18)7-9-26-17/h2-5,7,9,19H,6,8,11H2,1H3,(H,20,21). The van der Waals surface area contributed by atoms with Crippen molar-refractivity contribution in [2.75, 3.05) is 18.5 Å². The molecule has 0 spiro atoms. The van der Waals surface area contributed by atoms with E-state index < -0.39 is 28.5 Å². The van der Waals surface area contributed by atoms with Crippen LogP contribution in [0.2, 0.25) is 0 Å². The average Bonchev–Trinajstić information content (AvgIpc) is 3.07. The molecular formula is C17H17N3O5S2. The maximum Gasteiger partial charge on any atom is 0.307 e. The molecule has 1 aromatic carbocycles. The number of anilines is 1. The van der Waals surface area contributed by atoms with Crippen LogP contribution in [0.1, 0.15) is 17.5 Å². The third-order valence-electron chi connectivity index (χ3n) is 3.36. The molecule has 0 atom stereocenters. The molecule has 142 valence electrons. The summed E-state index contributed by atoms with van der Waals surface area (Å²) in [4.78, 5) is 23.5. The molecule has 27 heavy (non-hydrogen) atoms. The van der Waals surface area contributed by atoms with E-state index in [-0.39, 0.29) is 17.9 Å². The van der Waals surface area contributed by atoms with Crippen LogP contribution in [0.3, 0.4) is 0 Å². The number of hydrogen-bond donors (Lipinski definition) is 2. The lowest BCUT2D eigenvalue weighted by Crippen LogP contribution is -2.28. The Bertz CT molecular complexity index is 959. The summed E-state index contributed by atoms with van der Waals surface area (Å²) in [6.07, 6.45) is -0.221. The number of nitriles is 1. The smallest absolute Gasteiger partial charge is 0.307 e. The number of sulfonamides is 1. The zero-order valence-electron chi connectivity index (χ0n) is 14.4. The second-order valence-corrected chi connectivity index (χ2v) is 8.13. The van der Waals surface area contributed by atoms with Crippen LogP contribution < -0.4 is 10.0 Å². The SMILES string of the molecule is Cc1ccc(S(=O)(=O)NCCC(=O)OCC(=O)Nc2sccc2C#N)cc1. The van der Waals surface area contributed by atoms with Crippen molar-refractivity contribution in [2.24, 2.45) is 0 Å². The number of hydrogen-bond acceptors (Lipinski definition) is 7. The van der Waals surface area contributed by atoms with Crippen molar-refractivity contribution in [3.05, 3.63) is 46.8 Å². The molecule has 2 rings (SSSR count). The van der Waals surface area contributed by atoms with Crippen LogP contribution in [0.25, 0.3) is 0 Å². The molecule has 0 unspecified atom stereocenters. The largest absolute Gasteiger partial charge is 0.456 e. The van der Waals surface area contributed by atoms with Crippen LogP contribution in [0.5, 0.6) is 0 Å². The third kappa shape index (κ3) is 6.18. The van der Waals surface area contributed by atoms with Gasteiger partial charge in [0.05, 0.1) is 16.9 Å². The Morgan fingerprint density at radius 1 is 1.22 bits per heavy atom. The van der Waals surface area contributed by atoms with Crippen molar-refractivity contribution in [2.45, 2.75) is 18.2 Å². The molecule has 1 aromatic heterocycles. The van der Waals surface area contributed by atoms with Gasteiger partial charge in [-0.15, -0.1) is 11.3 Å². The van der Waals surface area contributed by atoms with Gasteiger partial charge in [0.15, 0.2) is 6.61 Å². The van der Waals surface area contributed by atoms with Crippen molar-refractivity contribution in [1.29, 1.82) is 5.26 Å². The fourth-order valence-electron chi connectivity index (χ4n) is 1.96. The summed E-state index contributed by atoms with van der Waals surface area (Å²) in [7, 11) is -3.71. The first-order chi connectivity index (χ1) is 12.8. The molecule has 0 aliphatic carbocycles. The Kier molecular flexibility index (Phi) is 7.06. The Morgan fingerprint density at radius 2 is 1.93 bits per heavy atom. The number of benzene rings is 1. The van der Waals surface area contributed by atoms with Gasteiger partial charge in [-0.2, -0.15) is 5.26 Å². The maximum absolute atomic E-state index is 12.1. The highest BCUT2D eigenvalue weighted by Gasteiger charge is 2.15. The van der Waals surface area contributed by atoms with Gasteiger partial charge in [-0.25, -0.2) is 13.1 Å². The number of nitrogens with one attached hydrogen (secondary N) is 2. The minimum atomic E-state index is -3.71. The van der Waals surface area contributed by atoms with Crippen molar-refractivity contribution < 1.29 is 22.7 Å². The number of rotatable bonds is 8. The monoisotopic (exact) mass is 407 g/mol. The zero-order chi connectivity index (χ0) is 19.9. The summed E-state index contributed by atoms with van der Waals surface area (Å²) in [6, 6.07) is 9.78. The van der Waals surface area contributed by atoms with Gasteiger partial charge in [0.2, 0.25) is 10.0 Å². The number of carbonyl (C=O) groups is 2. The van der Waals surface area contributed by atoms with Gasteiger partial charge in [-0.1, -0.05) is 17.7 Å². The highest BCUT2D eigenvalue weighted by atomic mass is 32.2. The number of aryl methyl sites for hydroxylation is 1. The molecule has 0 radical (unpaired) electrons. The van der Waals surface area contributed by atoms with Gasteiger partial charge >= 0.3 is 5.97 Å². The summed E-state index contributed by atoms with van der Waals surface area (Å²) in [5.41, 5.74) is 1.26. The van der Waals surface area contributed by atoms with E-state index in [2.05, 4.69) is 10.0 Å². The minimum absolute atomic E-state index is 0.102. The predicted molar refractivity (Wildman–Crippen MR) is 99.6 cm³/mol. The van der Waals surface area contributed by atoms with E-state index in [4.69, 9.17) is 10.00 Å². The van der Waals surface area contributed by atoms with Gasteiger partial charge in [0, 0.05) is 6.54 Å². The molecule has 1 heterocycles. The lowest BCUT2D eigenvalue weighted by atomic mass is 10.2. The predicted octanol–water partition coefficient (Wildman–Crippen LogP) is 1.78. The number of nitrogens with zero attached hydrogens (tertiary/aromatic N) is 1. The number of ether oxygens (including phenoxy) is 1. The van der Waals surface area contributed by atoms with Gasteiger partial charge in [-0.05, 0) is 30.5 Å². The second-order valence-electron chi connectivity index (χ2n) is 5.44. The Balaban J connectivity index is 1.74. The first kappa shape index (κ1) is 20.6. The van der Waals surface area contributed by atoms with Crippen LogP contribution in [-0.4, -0.2) is 33.4 Å². The summed E-state index contributed by atoms with van der Waals surface area (Å²) in [5, 5.41) is 13.4. The Hall–Kier alpha value is -2.74. The zero-order valence-corrected chi connectivity index (χ0v) is 16.0. The molecule has 0 bridgehead atoms. The lowest BCUT2D eigenvalue weighted by molar-refractivity contribution is -0.147. The number of carbonyl (C=O) groups excluding carboxylic acids is 2. The minimum Gasteiger partial charge on any atom is -0.456 e. The molecule has 0 saturated carbocycles.